The van der Waals surface area contributed by atoms with Gasteiger partial charge in [0.1, 0.15) is 0 Å². The Kier molecular flexibility index (Phi) is 5.58. The van der Waals surface area contributed by atoms with E-state index in [-0.39, 0.29) is 0 Å². The molecule has 1 aliphatic carbocycles. The highest BCUT2D eigenvalue weighted by molar-refractivity contribution is 9.10. The van der Waals surface area contributed by atoms with Gasteiger partial charge in [-0.3, -0.25) is 0 Å². The molecular weight excluding hydrogens is 306 g/mol. The SMILES string of the molecule is CNCc1cc(Br)ccc1SC1CCCC(C)C1. The molecule has 1 aromatic rings. The van der Waals surface area contributed by atoms with Gasteiger partial charge in [-0.15, -0.1) is 11.8 Å². The third-order valence-electron chi connectivity index (χ3n) is 3.57. The van der Waals surface area contributed by atoms with Gasteiger partial charge in [0, 0.05) is 21.2 Å². The molecule has 0 saturated heterocycles. The molecule has 1 aliphatic rings. The normalized spacial score (nSPS) is 24.2. The van der Waals surface area contributed by atoms with Crippen molar-refractivity contribution in [3.8, 4) is 0 Å². The Labute approximate surface area is 123 Å². The maximum Gasteiger partial charge on any atom is 0.0214 e. The van der Waals surface area contributed by atoms with E-state index in [9.17, 15) is 0 Å². The second kappa shape index (κ2) is 6.97. The molecule has 0 aromatic heterocycles. The first-order chi connectivity index (χ1) is 8.69. The Morgan fingerprint density at radius 2 is 2.22 bits per heavy atom. The predicted molar refractivity (Wildman–Crippen MR) is 84.2 cm³/mol. The van der Waals surface area contributed by atoms with Crippen LogP contribution in [-0.2, 0) is 6.54 Å². The van der Waals surface area contributed by atoms with Crippen LogP contribution in [0.1, 0.15) is 38.2 Å². The predicted octanol–water partition coefficient (Wildman–Crippen LogP) is 4.84. The fourth-order valence-electron chi connectivity index (χ4n) is 2.66. The molecule has 0 bridgehead atoms. The quantitative estimate of drug-likeness (QED) is 0.849. The van der Waals surface area contributed by atoms with Crippen molar-refractivity contribution < 1.29 is 0 Å². The summed E-state index contributed by atoms with van der Waals surface area (Å²) in [5.41, 5.74) is 1.41. The molecule has 2 atom stereocenters. The minimum Gasteiger partial charge on any atom is -0.316 e. The van der Waals surface area contributed by atoms with Gasteiger partial charge in [0.2, 0.25) is 0 Å². The molecule has 0 amide bonds. The van der Waals surface area contributed by atoms with Gasteiger partial charge in [-0.05, 0) is 49.6 Å². The lowest BCUT2D eigenvalue weighted by atomic mass is 9.91. The highest BCUT2D eigenvalue weighted by atomic mass is 79.9. The third kappa shape index (κ3) is 4.01. The van der Waals surface area contributed by atoms with Crippen LogP contribution in [0.5, 0.6) is 0 Å². The van der Waals surface area contributed by atoms with E-state index in [1.165, 1.54) is 40.6 Å². The maximum absolute atomic E-state index is 3.56. The summed E-state index contributed by atoms with van der Waals surface area (Å²) in [6, 6.07) is 6.67. The standard InChI is InChI=1S/C15H22BrNS/c1-11-4-3-5-14(8-11)18-15-7-6-13(16)9-12(15)10-17-2/h6-7,9,11,14,17H,3-5,8,10H2,1-2H3. The van der Waals surface area contributed by atoms with Crippen LogP contribution in [0.4, 0.5) is 0 Å². The molecule has 18 heavy (non-hydrogen) atoms. The summed E-state index contributed by atoms with van der Waals surface area (Å²) in [5, 5.41) is 4.07. The molecule has 0 aliphatic heterocycles. The zero-order valence-corrected chi connectivity index (χ0v) is 13.6. The summed E-state index contributed by atoms with van der Waals surface area (Å²) in [6.45, 7) is 3.34. The average molecular weight is 328 g/mol. The molecular formula is C15H22BrNS. The van der Waals surface area contributed by atoms with Gasteiger partial charge < -0.3 is 5.32 Å². The highest BCUT2D eigenvalue weighted by Crippen LogP contribution is 2.38. The number of rotatable bonds is 4. The lowest BCUT2D eigenvalue weighted by Crippen LogP contribution is -2.15. The van der Waals surface area contributed by atoms with Gasteiger partial charge in [0.25, 0.3) is 0 Å². The molecule has 1 N–H and O–H groups in total. The average Bonchev–Trinajstić information content (AvgIpc) is 2.33. The van der Waals surface area contributed by atoms with Gasteiger partial charge in [-0.2, -0.15) is 0 Å². The van der Waals surface area contributed by atoms with Gasteiger partial charge in [0.05, 0.1) is 0 Å². The number of benzene rings is 1. The first-order valence-electron chi connectivity index (χ1n) is 6.78. The lowest BCUT2D eigenvalue weighted by Gasteiger charge is -2.26. The largest absolute Gasteiger partial charge is 0.316 e. The fraction of sp³-hybridized carbons (Fsp3) is 0.600. The van der Waals surface area contributed by atoms with Gasteiger partial charge >= 0.3 is 0 Å². The van der Waals surface area contributed by atoms with Crippen LogP contribution < -0.4 is 5.32 Å². The van der Waals surface area contributed by atoms with Crippen LogP contribution in [0.3, 0.4) is 0 Å². The molecule has 1 nitrogen and oxygen atoms in total. The van der Waals surface area contributed by atoms with E-state index in [0.29, 0.717) is 0 Å². The summed E-state index contributed by atoms with van der Waals surface area (Å²) in [6.07, 6.45) is 5.57. The van der Waals surface area contributed by atoms with Crippen LogP contribution in [0.2, 0.25) is 0 Å². The van der Waals surface area contributed by atoms with Crippen molar-refractivity contribution in [2.45, 2.75) is 49.3 Å². The van der Waals surface area contributed by atoms with Gasteiger partial charge in [0.15, 0.2) is 0 Å². The smallest absolute Gasteiger partial charge is 0.0214 e. The van der Waals surface area contributed by atoms with Crippen molar-refractivity contribution in [2.75, 3.05) is 7.05 Å². The number of hydrogen-bond acceptors (Lipinski definition) is 2. The van der Waals surface area contributed by atoms with Crippen molar-refractivity contribution in [3.63, 3.8) is 0 Å². The summed E-state index contributed by atoms with van der Waals surface area (Å²) in [4.78, 5) is 1.45. The zero-order chi connectivity index (χ0) is 13.0. The Bertz CT molecular complexity index is 394. The molecule has 0 spiro atoms. The first kappa shape index (κ1) is 14.4. The molecule has 2 unspecified atom stereocenters. The van der Waals surface area contributed by atoms with E-state index in [1.807, 2.05) is 7.05 Å². The van der Waals surface area contributed by atoms with E-state index in [2.05, 4.69) is 58.1 Å². The van der Waals surface area contributed by atoms with Gasteiger partial charge in [-0.25, -0.2) is 0 Å². The van der Waals surface area contributed by atoms with Crippen molar-refractivity contribution in [1.82, 2.24) is 5.32 Å². The topological polar surface area (TPSA) is 12.0 Å². The molecule has 2 rings (SSSR count). The minimum absolute atomic E-state index is 0.811. The van der Waals surface area contributed by atoms with Crippen molar-refractivity contribution >= 4 is 27.7 Å². The zero-order valence-electron chi connectivity index (χ0n) is 11.2. The Morgan fingerprint density at radius 1 is 1.39 bits per heavy atom. The molecule has 1 saturated carbocycles. The van der Waals surface area contributed by atoms with E-state index >= 15 is 0 Å². The fourth-order valence-corrected chi connectivity index (χ4v) is 4.56. The lowest BCUT2D eigenvalue weighted by molar-refractivity contribution is 0.394. The first-order valence-corrected chi connectivity index (χ1v) is 8.46. The van der Waals surface area contributed by atoms with Crippen LogP contribution in [0.15, 0.2) is 27.6 Å². The Morgan fingerprint density at radius 3 is 2.94 bits per heavy atom. The van der Waals surface area contributed by atoms with E-state index in [0.717, 1.165) is 17.7 Å². The maximum atomic E-state index is 3.56. The minimum atomic E-state index is 0.811. The third-order valence-corrected chi connectivity index (χ3v) is 5.48. The van der Waals surface area contributed by atoms with Crippen molar-refractivity contribution in [3.05, 3.63) is 28.2 Å². The van der Waals surface area contributed by atoms with Crippen LogP contribution in [0, 0.1) is 5.92 Å². The van der Waals surface area contributed by atoms with E-state index in [4.69, 9.17) is 0 Å². The second-order valence-corrected chi connectivity index (χ2v) is 7.55. The van der Waals surface area contributed by atoms with E-state index < -0.39 is 0 Å². The Hall–Kier alpha value is 0.01000. The van der Waals surface area contributed by atoms with Crippen LogP contribution >= 0.6 is 27.7 Å². The second-order valence-electron chi connectivity index (χ2n) is 5.29. The van der Waals surface area contributed by atoms with Crippen LogP contribution in [0.25, 0.3) is 0 Å². The highest BCUT2D eigenvalue weighted by Gasteiger charge is 2.20. The summed E-state index contributed by atoms with van der Waals surface area (Å²) in [5.74, 6) is 0.902. The molecule has 1 fully saturated rings. The van der Waals surface area contributed by atoms with Crippen LogP contribution in [-0.4, -0.2) is 12.3 Å². The Balaban J connectivity index is 2.07. The number of nitrogens with one attached hydrogen (secondary N) is 1. The summed E-state index contributed by atoms with van der Waals surface area (Å²) >= 11 is 5.65. The summed E-state index contributed by atoms with van der Waals surface area (Å²) in [7, 11) is 2.01. The summed E-state index contributed by atoms with van der Waals surface area (Å²) < 4.78 is 1.18. The molecule has 3 heteroatoms. The van der Waals surface area contributed by atoms with Crippen molar-refractivity contribution in [1.29, 1.82) is 0 Å². The molecule has 1 aromatic carbocycles. The van der Waals surface area contributed by atoms with Crippen molar-refractivity contribution in [2.24, 2.45) is 5.92 Å². The number of thioether (sulfide) groups is 1. The molecule has 100 valence electrons. The molecule has 0 radical (unpaired) electrons. The molecule has 0 heterocycles. The number of hydrogen-bond donors (Lipinski definition) is 1. The number of halogens is 1. The van der Waals surface area contributed by atoms with E-state index in [1.54, 1.807) is 0 Å². The van der Waals surface area contributed by atoms with Gasteiger partial charge in [-0.1, -0.05) is 35.7 Å². The monoisotopic (exact) mass is 327 g/mol.